The Labute approximate surface area is 124 Å². The van der Waals surface area contributed by atoms with Crippen molar-refractivity contribution in [3.63, 3.8) is 0 Å². The van der Waals surface area contributed by atoms with Crippen LogP contribution in [0.3, 0.4) is 0 Å². The van der Waals surface area contributed by atoms with Gasteiger partial charge in [-0.25, -0.2) is 4.99 Å². The molecule has 4 rings (SSSR count). The number of nitrogens with zero attached hydrogens (tertiary/aromatic N) is 1. The van der Waals surface area contributed by atoms with Crippen molar-refractivity contribution in [1.82, 2.24) is 0 Å². The number of hydrogen-bond donors (Lipinski definition) is 0. The molecule has 0 saturated heterocycles. The maximum atomic E-state index is 5.86. The minimum atomic E-state index is -0.137. The normalized spacial score (nSPS) is 17.0. The summed E-state index contributed by atoms with van der Waals surface area (Å²) >= 11 is 0. The molecule has 1 aliphatic rings. The van der Waals surface area contributed by atoms with Gasteiger partial charge < -0.3 is 4.74 Å². The summed E-state index contributed by atoms with van der Waals surface area (Å²) < 4.78 is 5.86. The van der Waals surface area contributed by atoms with E-state index in [9.17, 15) is 0 Å². The van der Waals surface area contributed by atoms with Crippen LogP contribution in [0.4, 0.5) is 0 Å². The standard InChI is InChI=1S/C19H17NO/c1-19(2)12-21-18(20-19)17-11-13-7-3-4-8-14(13)15-9-5-6-10-16(15)17/h3-11H,12H2,1-2H3. The Morgan fingerprint density at radius 1 is 0.905 bits per heavy atom. The first-order chi connectivity index (χ1) is 10.1. The largest absolute Gasteiger partial charge is 0.475 e. The van der Waals surface area contributed by atoms with Gasteiger partial charge in [0.15, 0.2) is 0 Å². The van der Waals surface area contributed by atoms with Crippen LogP contribution in [0.5, 0.6) is 0 Å². The minimum absolute atomic E-state index is 0.137. The quantitative estimate of drug-likeness (QED) is 0.597. The van der Waals surface area contributed by atoms with Gasteiger partial charge >= 0.3 is 0 Å². The van der Waals surface area contributed by atoms with Crippen molar-refractivity contribution in [3.8, 4) is 0 Å². The van der Waals surface area contributed by atoms with E-state index in [0.29, 0.717) is 6.61 Å². The van der Waals surface area contributed by atoms with Gasteiger partial charge in [0.25, 0.3) is 0 Å². The Balaban J connectivity index is 2.08. The Hall–Kier alpha value is -2.35. The Bertz CT molecular complexity index is 877. The molecule has 2 heteroatoms. The highest BCUT2D eigenvalue weighted by Crippen LogP contribution is 2.31. The molecule has 3 aromatic carbocycles. The van der Waals surface area contributed by atoms with Gasteiger partial charge in [-0.15, -0.1) is 0 Å². The van der Waals surface area contributed by atoms with Crippen molar-refractivity contribution < 1.29 is 4.74 Å². The van der Waals surface area contributed by atoms with Gasteiger partial charge in [0.2, 0.25) is 5.90 Å². The van der Waals surface area contributed by atoms with E-state index in [2.05, 4.69) is 68.4 Å². The molecule has 0 aromatic heterocycles. The third kappa shape index (κ3) is 1.99. The lowest BCUT2D eigenvalue weighted by Gasteiger charge is -2.10. The molecule has 1 heterocycles. The van der Waals surface area contributed by atoms with E-state index < -0.39 is 0 Å². The molecule has 21 heavy (non-hydrogen) atoms. The smallest absolute Gasteiger partial charge is 0.217 e. The molecule has 104 valence electrons. The number of rotatable bonds is 1. The van der Waals surface area contributed by atoms with Crippen LogP contribution < -0.4 is 0 Å². The first-order valence-corrected chi connectivity index (χ1v) is 7.28. The molecule has 0 atom stereocenters. The van der Waals surface area contributed by atoms with E-state index in [0.717, 1.165) is 11.5 Å². The second kappa shape index (κ2) is 4.32. The van der Waals surface area contributed by atoms with Crippen LogP contribution in [0, 0.1) is 0 Å². The Morgan fingerprint density at radius 2 is 1.57 bits per heavy atom. The predicted molar refractivity (Wildman–Crippen MR) is 88.0 cm³/mol. The first kappa shape index (κ1) is 12.4. The maximum absolute atomic E-state index is 5.86. The fraction of sp³-hybridized carbons (Fsp3) is 0.211. The molecule has 0 aliphatic carbocycles. The van der Waals surface area contributed by atoms with E-state index in [1.54, 1.807) is 0 Å². The summed E-state index contributed by atoms with van der Waals surface area (Å²) in [5.74, 6) is 0.766. The van der Waals surface area contributed by atoms with Crippen LogP contribution >= 0.6 is 0 Å². The summed E-state index contributed by atoms with van der Waals surface area (Å²) in [6.07, 6.45) is 0. The summed E-state index contributed by atoms with van der Waals surface area (Å²) in [5, 5.41) is 4.95. The summed E-state index contributed by atoms with van der Waals surface area (Å²) in [4.78, 5) is 4.74. The summed E-state index contributed by atoms with van der Waals surface area (Å²) in [7, 11) is 0. The van der Waals surface area contributed by atoms with Crippen molar-refractivity contribution in [2.75, 3.05) is 6.61 Å². The van der Waals surface area contributed by atoms with Gasteiger partial charge in [0, 0.05) is 5.56 Å². The highest BCUT2D eigenvalue weighted by Gasteiger charge is 2.28. The van der Waals surface area contributed by atoms with Gasteiger partial charge in [-0.2, -0.15) is 0 Å². The Kier molecular flexibility index (Phi) is 2.55. The Morgan fingerprint density at radius 3 is 2.29 bits per heavy atom. The lowest BCUT2D eigenvalue weighted by Crippen LogP contribution is -2.17. The second-order valence-corrected chi connectivity index (χ2v) is 6.21. The monoisotopic (exact) mass is 275 g/mol. The highest BCUT2D eigenvalue weighted by molar-refractivity contribution is 6.17. The van der Waals surface area contributed by atoms with Crippen LogP contribution in [0.1, 0.15) is 19.4 Å². The molecular weight excluding hydrogens is 258 g/mol. The average Bonchev–Trinajstić information content (AvgIpc) is 2.86. The second-order valence-electron chi connectivity index (χ2n) is 6.21. The number of hydrogen-bond acceptors (Lipinski definition) is 2. The molecule has 1 aliphatic heterocycles. The van der Waals surface area contributed by atoms with E-state index in [-0.39, 0.29) is 5.54 Å². The zero-order valence-electron chi connectivity index (χ0n) is 12.3. The molecule has 3 aromatic rings. The van der Waals surface area contributed by atoms with Gasteiger partial charge in [-0.3, -0.25) is 0 Å². The zero-order chi connectivity index (χ0) is 14.4. The van der Waals surface area contributed by atoms with E-state index in [4.69, 9.17) is 9.73 Å². The summed E-state index contributed by atoms with van der Waals surface area (Å²) in [5.41, 5.74) is 0.956. The topological polar surface area (TPSA) is 21.6 Å². The van der Waals surface area contributed by atoms with Gasteiger partial charge in [0.1, 0.15) is 6.61 Å². The van der Waals surface area contributed by atoms with Crippen LogP contribution in [-0.2, 0) is 4.74 Å². The first-order valence-electron chi connectivity index (χ1n) is 7.28. The number of ether oxygens (including phenoxy) is 1. The third-order valence-corrected chi connectivity index (χ3v) is 3.96. The van der Waals surface area contributed by atoms with Crippen LogP contribution in [0.25, 0.3) is 21.5 Å². The number of fused-ring (bicyclic) bond motifs is 3. The zero-order valence-corrected chi connectivity index (χ0v) is 12.3. The van der Waals surface area contributed by atoms with E-state index in [1.807, 2.05) is 0 Å². The van der Waals surface area contributed by atoms with Gasteiger partial charge in [-0.1, -0.05) is 48.5 Å². The molecule has 0 unspecified atom stereocenters. The van der Waals surface area contributed by atoms with E-state index >= 15 is 0 Å². The lowest BCUT2D eigenvalue weighted by molar-refractivity contribution is 0.279. The molecule has 0 radical (unpaired) electrons. The number of aliphatic imine (C=N–C) groups is 1. The van der Waals surface area contributed by atoms with Gasteiger partial charge in [0.05, 0.1) is 5.54 Å². The van der Waals surface area contributed by atoms with Crippen molar-refractivity contribution in [3.05, 3.63) is 60.2 Å². The molecule has 0 bridgehead atoms. The number of benzene rings is 3. The van der Waals surface area contributed by atoms with Gasteiger partial charge in [-0.05, 0) is 41.5 Å². The van der Waals surface area contributed by atoms with Crippen LogP contribution in [0.15, 0.2) is 59.6 Å². The van der Waals surface area contributed by atoms with Crippen molar-refractivity contribution in [2.24, 2.45) is 4.99 Å². The molecule has 2 nitrogen and oxygen atoms in total. The van der Waals surface area contributed by atoms with Crippen molar-refractivity contribution >= 4 is 27.4 Å². The third-order valence-electron chi connectivity index (χ3n) is 3.96. The average molecular weight is 275 g/mol. The van der Waals surface area contributed by atoms with Crippen molar-refractivity contribution in [2.45, 2.75) is 19.4 Å². The molecule has 0 spiro atoms. The summed E-state index contributed by atoms with van der Waals surface area (Å²) in [6.45, 7) is 4.84. The minimum Gasteiger partial charge on any atom is -0.475 e. The molecule has 0 fully saturated rings. The SMILES string of the molecule is CC1(C)COC(c2cc3ccccc3c3ccccc23)=N1. The van der Waals surface area contributed by atoms with Crippen LogP contribution in [-0.4, -0.2) is 18.0 Å². The lowest BCUT2D eigenvalue weighted by atomic mass is 9.97. The summed E-state index contributed by atoms with van der Waals surface area (Å²) in [6, 6.07) is 19.1. The fourth-order valence-corrected chi connectivity index (χ4v) is 2.95. The van der Waals surface area contributed by atoms with E-state index in [1.165, 1.54) is 21.5 Å². The van der Waals surface area contributed by atoms with Crippen LogP contribution in [0.2, 0.25) is 0 Å². The molecule has 0 saturated carbocycles. The molecular formula is C19H17NO. The highest BCUT2D eigenvalue weighted by atomic mass is 16.5. The predicted octanol–water partition coefficient (Wildman–Crippen LogP) is 4.55. The fourth-order valence-electron chi connectivity index (χ4n) is 2.95. The maximum Gasteiger partial charge on any atom is 0.217 e. The molecule has 0 amide bonds. The molecule has 0 N–H and O–H groups in total. The van der Waals surface area contributed by atoms with Crippen molar-refractivity contribution in [1.29, 1.82) is 0 Å².